The molecule has 2 aromatic rings. The van der Waals surface area contributed by atoms with E-state index in [-0.39, 0.29) is 16.9 Å². The number of aromatic nitrogens is 1. The van der Waals surface area contributed by atoms with E-state index in [4.69, 9.17) is 9.84 Å². The third-order valence-corrected chi connectivity index (χ3v) is 9.15. The summed E-state index contributed by atoms with van der Waals surface area (Å²) in [6.07, 6.45) is 1.94. The summed E-state index contributed by atoms with van der Waals surface area (Å²) in [5.41, 5.74) is 1.69. The number of aliphatic carboxylic acids is 1. The lowest BCUT2D eigenvalue weighted by molar-refractivity contribution is -0.152. The van der Waals surface area contributed by atoms with Crippen LogP contribution in [0.25, 0.3) is 10.9 Å². The fourth-order valence-electron chi connectivity index (χ4n) is 3.78. The smallest absolute Gasteiger partial charge is 0.326 e. The first-order chi connectivity index (χ1) is 20.1. The van der Waals surface area contributed by atoms with Gasteiger partial charge >= 0.3 is 11.9 Å². The maximum atomic E-state index is 13.5. The zero-order valence-electron chi connectivity index (χ0n) is 25.0. The highest BCUT2D eigenvalue weighted by Crippen LogP contribution is 2.35. The lowest BCUT2D eigenvalue weighted by Gasteiger charge is -2.27. The van der Waals surface area contributed by atoms with Crippen molar-refractivity contribution in [2.24, 2.45) is 0 Å². The van der Waals surface area contributed by atoms with E-state index in [2.05, 4.69) is 20.9 Å². The number of para-hydroxylation sites is 1. The molecule has 0 aliphatic rings. The largest absolute Gasteiger partial charge is 0.480 e. The minimum Gasteiger partial charge on any atom is -0.480 e. The molecule has 236 valence electrons. The molecular formula is C28H39N5O8S2. The predicted molar refractivity (Wildman–Crippen MR) is 165 cm³/mol. The van der Waals surface area contributed by atoms with Gasteiger partial charge in [-0.2, -0.15) is 0 Å². The zero-order chi connectivity index (χ0) is 32.3. The first kappa shape index (κ1) is 35.5. The van der Waals surface area contributed by atoms with Crippen LogP contribution in [-0.4, -0.2) is 99.4 Å². The molecule has 13 nitrogen and oxygen atoms in total. The van der Waals surface area contributed by atoms with Crippen molar-refractivity contribution in [3.63, 3.8) is 0 Å². The van der Waals surface area contributed by atoms with E-state index in [1.165, 1.54) is 42.5 Å². The van der Waals surface area contributed by atoms with Crippen LogP contribution in [0.2, 0.25) is 0 Å². The second-order valence-corrected chi connectivity index (χ2v) is 14.0. The summed E-state index contributed by atoms with van der Waals surface area (Å²) in [4.78, 5) is 78.1. The number of benzene rings is 1. The quantitative estimate of drug-likeness (QED) is 0.141. The van der Waals surface area contributed by atoms with Crippen LogP contribution >= 0.6 is 21.6 Å². The number of carboxylic acid groups (broad SMARTS) is 1. The Labute approximate surface area is 258 Å². The van der Waals surface area contributed by atoms with E-state index in [0.717, 1.165) is 21.4 Å². The molecule has 1 aromatic heterocycles. The second kappa shape index (κ2) is 16.2. The van der Waals surface area contributed by atoms with Crippen LogP contribution in [0, 0.1) is 0 Å². The van der Waals surface area contributed by atoms with Gasteiger partial charge in [-0.3, -0.25) is 28.8 Å². The molecule has 15 heteroatoms. The average Bonchev–Trinajstić information content (AvgIpc) is 3.32. The summed E-state index contributed by atoms with van der Waals surface area (Å²) in [6.45, 7) is 7.33. The fraction of sp³-hybridized carbons (Fsp3) is 0.500. The summed E-state index contributed by atoms with van der Waals surface area (Å²) < 4.78 is 4.75. The fourth-order valence-corrected chi connectivity index (χ4v) is 6.23. The number of esters is 1. The molecule has 2 rings (SSSR count). The molecule has 0 spiro atoms. The van der Waals surface area contributed by atoms with Crippen LogP contribution in [0.3, 0.4) is 0 Å². The van der Waals surface area contributed by atoms with Gasteiger partial charge in [-0.15, -0.1) is 0 Å². The number of hydrogen-bond acceptors (Lipinski definition) is 9. The molecule has 3 atom stereocenters. The number of carboxylic acids is 1. The molecule has 1 heterocycles. The van der Waals surface area contributed by atoms with Crippen LogP contribution < -0.4 is 16.0 Å². The minimum absolute atomic E-state index is 0.134. The summed E-state index contributed by atoms with van der Waals surface area (Å²) in [7, 11) is 4.25. The summed E-state index contributed by atoms with van der Waals surface area (Å²) in [6, 6.07) is 4.36. The van der Waals surface area contributed by atoms with Crippen molar-refractivity contribution in [2.75, 3.05) is 26.0 Å². The molecule has 0 saturated carbocycles. The van der Waals surface area contributed by atoms with Gasteiger partial charge in [0.1, 0.15) is 24.7 Å². The van der Waals surface area contributed by atoms with Crippen molar-refractivity contribution in [3.05, 3.63) is 36.0 Å². The molecular weight excluding hydrogens is 598 g/mol. The monoisotopic (exact) mass is 637 g/mol. The number of nitrogens with zero attached hydrogens (tertiary/aromatic N) is 1. The molecule has 0 bridgehead atoms. The Morgan fingerprint density at radius 3 is 2.35 bits per heavy atom. The number of H-pyrrole nitrogens is 1. The van der Waals surface area contributed by atoms with Crippen molar-refractivity contribution >= 4 is 68.1 Å². The summed E-state index contributed by atoms with van der Waals surface area (Å²) >= 11 is 0. The Morgan fingerprint density at radius 2 is 1.72 bits per heavy atom. The van der Waals surface area contributed by atoms with Gasteiger partial charge in [0.05, 0.1) is 0 Å². The Kier molecular flexibility index (Phi) is 13.4. The number of nitrogens with one attached hydrogen (secondary N) is 4. The van der Waals surface area contributed by atoms with Gasteiger partial charge in [0.15, 0.2) is 6.61 Å². The standard InChI is InChI=1S/C28H39N5O8S2/c1-16(27(39)40)30-23(35)14-41-24(36)13-33(6)26(38)22(15-42-43-28(3,4)5)32-25(37)21(31-17(2)34)11-18-12-29-20-10-8-7-9-19(18)20/h7-10,12,16,21-22,29H,11,13-15H2,1-6H3,(H,30,35)(H,31,34)(H,32,37)(H,39,40)/t16-,21-,22+/m0/s1. The third-order valence-electron chi connectivity index (χ3n) is 5.81. The molecule has 5 N–H and O–H groups in total. The SMILES string of the molecule is CC(=O)N[C@@H](Cc1c[nH]c2ccccc12)C(=O)N[C@H](CSSC(C)(C)C)C(=O)N(C)CC(=O)OCC(=O)N[C@@H](C)C(=O)O. The van der Waals surface area contributed by atoms with Gasteiger partial charge in [0.2, 0.25) is 17.7 Å². The molecule has 0 saturated heterocycles. The molecule has 1 aromatic carbocycles. The Hall–Kier alpha value is -3.72. The van der Waals surface area contributed by atoms with Gasteiger partial charge < -0.3 is 35.7 Å². The summed E-state index contributed by atoms with van der Waals surface area (Å²) in [5, 5.41) is 17.3. The minimum atomic E-state index is -1.25. The number of carbonyl (C=O) groups excluding carboxylic acids is 5. The van der Waals surface area contributed by atoms with Crippen molar-refractivity contribution in [1.29, 1.82) is 0 Å². The Bertz CT molecular complexity index is 1330. The van der Waals surface area contributed by atoms with Crippen molar-refractivity contribution in [1.82, 2.24) is 25.8 Å². The van der Waals surface area contributed by atoms with Crippen molar-refractivity contribution in [3.8, 4) is 0 Å². The van der Waals surface area contributed by atoms with Crippen LogP contribution in [0.5, 0.6) is 0 Å². The molecule has 4 amide bonds. The van der Waals surface area contributed by atoms with Crippen LogP contribution in [0.15, 0.2) is 30.5 Å². The van der Waals surface area contributed by atoms with E-state index < -0.39 is 66.8 Å². The predicted octanol–water partition coefficient (Wildman–Crippen LogP) is 1.47. The lowest BCUT2D eigenvalue weighted by atomic mass is 10.0. The van der Waals surface area contributed by atoms with E-state index >= 15 is 0 Å². The van der Waals surface area contributed by atoms with Crippen LogP contribution in [0.1, 0.15) is 40.2 Å². The first-order valence-corrected chi connectivity index (χ1v) is 15.7. The third kappa shape index (κ3) is 12.2. The number of likely N-dealkylation sites (N-methyl/N-ethyl adjacent to an activating group) is 1. The van der Waals surface area contributed by atoms with Gasteiger partial charge in [-0.1, -0.05) is 60.6 Å². The highest BCUT2D eigenvalue weighted by molar-refractivity contribution is 8.77. The zero-order valence-corrected chi connectivity index (χ0v) is 26.6. The van der Waals surface area contributed by atoms with Crippen molar-refractivity contribution < 1.29 is 38.6 Å². The number of aromatic amines is 1. The maximum absolute atomic E-state index is 13.5. The number of ether oxygens (including phenoxy) is 1. The topological polar surface area (TPSA) is 187 Å². The highest BCUT2D eigenvalue weighted by atomic mass is 33.1. The van der Waals surface area contributed by atoms with E-state index in [0.29, 0.717) is 0 Å². The number of amides is 4. The van der Waals surface area contributed by atoms with Gasteiger partial charge in [-0.05, 0) is 18.6 Å². The molecule has 0 aliphatic carbocycles. The molecule has 0 aliphatic heterocycles. The summed E-state index contributed by atoms with van der Waals surface area (Å²) in [5.74, 6) is -4.35. The van der Waals surface area contributed by atoms with Gasteiger partial charge in [-0.25, -0.2) is 0 Å². The maximum Gasteiger partial charge on any atom is 0.326 e. The number of rotatable bonds is 15. The molecule has 0 radical (unpaired) electrons. The Balaban J connectivity index is 2.12. The average molecular weight is 638 g/mol. The van der Waals surface area contributed by atoms with Crippen LogP contribution in [0.4, 0.5) is 0 Å². The lowest BCUT2D eigenvalue weighted by Crippen LogP contribution is -2.55. The normalized spacial score (nSPS) is 13.3. The second-order valence-electron chi connectivity index (χ2n) is 10.8. The van der Waals surface area contributed by atoms with Crippen LogP contribution in [-0.2, 0) is 39.9 Å². The van der Waals surface area contributed by atoms with Gasteiger partial charge in [0, 0.05) is 48.0 Å². The van der Waals surface area contributed by atoms with E-state index in [9.17, 15) is 28.8 Å². The van der Waals surface area contributed by atoms with Gasteiger partial charge in [0.25, 0.3) is 5.91 Å². The molecule has 0 unspecified atom stereocenters. The Morgan fingerprint density at radius 1 is 1.05 bits per heavy atom. The number of carbonyl (C=O) groups is 6. The van der Waals surface area contributed by atoms with Crippen molar-refractivity contribution in [2.45, 2.75) is 63.9 Å². The van der Waals surface area contributed by atoms with E-state index in [1.54, 1.807) is 6.20 Å². The van der Waals surface area contributed by atoms with E-state index in [1.807, 2.05) is 45.0 Å². The molecule has 0 fully saturated rings. The highest BCUT2D eigenvalue weighted by Gasteiger charge is 2.30. The number of hydrogen-bond donors (Lipinski definition) is 5. The first-order valence-electron chi connectivity index (χ1n) is 13.4. The molecule has 43 heavy (non-hydrogen) atoms. The number of fused-ring (bicyclic) bond motifs is 1.